The molecule has 0 aromatic heterocycles. The summed E-state index contributed by atoms with van der Waals surface area (Å²) < 4.78 is 7.69. The Bertz CT molecular complexity index is 386. The highest BCUT2D eigenvalue weighted by Crippen LogP contribution is 2.32. The van der Waals surface area contributed by atoms with Gasteiger partial charge in [-0.1, -0.05) is 15.9 Å². The first-order valence-corrected chi connectivity index (χ1v) is 8.20. The van der Waals surface area contributed by atoms with Crippen molar-refractivity contribution < 1.29 is 9.84 Å². The van der Waals surface area contributed by atoms with Crippen LogP contribution in [0.25, 0.3) is 0 Å². The lowest BCUT2D eigenvalue weighted by molar-refractivity contribution is 0.283. The number of rotatable bonds is 9. The van der Waals surface area contributed by atoms with Crippen LogP contribution in [0, 0.1) is 0 Å². The first kappa shape index (κ1) is 17.0. The molecular formula is C14H21Br2NO2. The van der Waals surface area contributed by atoms with Crippen LogP contribution in [-0.4, -0.2) is 24.9 Å². The van der Waals surface area contributed by atoms with Crippen LogP contribution in [0.3, 0.4) is 0 Å². The summed E-state index contributed by atoms with van der Waals surface area (Å²) in [6.45, 7) is 4.67. The maximum atomic E-state index is 8.71. The van der Waals surface area contributed by atoms with Gasteiger partial charge in [-0.2, -0.15) is 0 Å². The lowest BCUT2D eigenvalue weighted by Gasteiger charge is -2.13. The molecule has 1 aromatic rings. The zero-order valence-corrected chi connectivity index (χ0v) is 14.4. The SMILES string of the molecule is CCOc1c(Br)cc(Br)cc1CNCCCCCO. The molecule has 108 valence electrons. The van der Waals surface area contributed by atoms with Gasteiger partial charge in [-0.25, -0.2) is 0 Å². The smallest absolute Gasteiger partial charge is 0.138 e. The molecule has 2 N–H and O–H groups in total. The van der Waals surface area contributed by atoms with Crippen molar-refractivity contribution in [2.45, 2.75) is 32.7 Å². The van der Waals surface area contributed by atoms with E-state index in [1.807, 2.05) is 13.0 Å². The highest BCUT2D eigenvalue weighted by atomic mass is 79.9. The zero-order valence-electron chi connectivity index (χ0n) is 11.2. The summed E-state index contributed by atoms with van der Waals surface area (Å²) in [5.74, 6) is 0.911. The minimum Gasteiger partial charge on any atom is -0.492 e. The van der Waals surface area contributed by atoms with E-state index in [4.69, 9.17) is 9.84 Å². The molecule has 3 nitrogen and oxygen atoms in total. The van der Waals surface area contributed by atoms with E-state index in [1.54, 1.807) is 0 Å². The van der Waals surface area contributed by atoms with Gasteiger partial charge in [0.1, 0.15) is 5.75 Å². The first-order chi connectivity index (χ1) is 9.19. The topological polar surface area (TPSA) is 41.5 Å². The van der Waals surface area contributed by atoms with Crippen molar-refractivity contribution >= 4 is 31.9 Å². The number of unbranched alkanes of at least 4 members (excludes halogenated alkanes) is 2. The van der Waals surface area contributed by atoms with E-state index in [-0.39, 0.29) is 6.61 Å². The molecule has 0 atom stereocenters. The summed E-state index contributed by atoms with van der Waals surface area (Å²) in [4.78, 5) is 0. The number of halogens is 2. The van der Waals surface area contributed by atoms with E-state index in [1.165, 1.54) is 0 Å². The molecule has 0 fully saturated rings. The Hall–Kier alpha value is -0.100. The normalized spacial score (nSPS) is 10.7. The van der Waals surface area contributed by atoms with E-state index in [2.05, 4.69) is 43.2 Å². The Balaban J connectivity index is 2.51. The highest BCUT2D eigenvalue weighted by molar-refractivity contribution is 9.11. The number of benzene rings is 1. The Kier molecular flexibility index (Phi) is 8.70. The standard InChI is InChI=1S/C14H21Br2NO2/c1-2-19-14-11(8-12(15)9-13(14)16)10-17-6-4-3-5-7-18/h8-9,17-18H,2-7,10H2,1H3. The average Bonchev–Trinajstić information content (AvgIpc) is 2.37. The van der Waals surface area contributed by atoms with Crippen LogP contribution in [0.1, 0.15) is 31.7 Å². The summed E-state index contributed by atoms with van der Waals surface area (Å²) in [6, 6.07) is 4.08. The molecule has 0 heterocycles. The number of aliphatic hydroxyl groups excluding tert-OH is 1. The lowest BCUT2D eigenvalue weighted by Crippen LogP contribution is -2.15. The number of hydrogen-bond acceptors (Lipinski definition) is 3. The molecule has 0 unspecified atom stereocenters. The second-order valence-electron chi connectivity index (χ2n) is 4.27. The molecule has 0 bridgehead atoms. The van der Waals surface area contributed by atoms with E-state index in [0.717, 1.165) is 52.6 Å². The monoisotopic (exact) mass is 393 g/mol. The minimum absolute atomic E-state index is 0.285. The van der Waals surface area contributed by atoms with E-state index in [9.17, 15) is 0 Å². The van der Waals surface area contributed by atoms with Crippen molar-refractivity contribution in [1.82, 2.24) is 5.32 Å². The van der Waals surface area contributed by atoms with Gasteiger partial charge >= 0.3 is 0 Å². The van der Waals surface area contributed by atoms with Crippen LogP contribution in [-0.2, 0) is 6.54 Å². The third kappa shape index (κ3) is 6.25. The third-order valence-corrected chi connectivity index (χ3v) is 3.75. The lowest BCUT2D eigenvalue weighted by atomic mass is 10.2. The van der Waals surface area contributed by atoms with Gasteiger partial charge in [0.15, 0.2) is 0 Å². The van der Waals surface area contributed by atoms with Crippen LogP contribution in [0.4, 0.5) is 0 Å². The van der Waals surface area contributed by atoms with Crippen molar-refractivity contribution in [3.8, 4) is 5.75 Å². The van der Waals surface area contributed by atoms with E-state index >= 15 is 0 Å². The number of hydrogen-bond donors (Lipinski definition) is 2. The molecule has 0 aliphatic rings. The van der Waals surface area contributed by atoms with Crippen molar-refractivity contribution in [3.63, 3.8) is 0 Å². The Morgan fingerprint density at radius 2 is 2.00 bits per heavy atom. The molecule has 0 aliphatic carbocycles. The second-order valence-corrected chi connectivity index (χ2v) is 6.04. The fourth-order valence-electron chi connectivity index (χ4n) is 1.81. The second kappa shape index (κ2) is 9.75. The summed E-state index contributed by atoms with van der Waals surface area (Å²) >= 11 is 7.03. The fraction of sp³-hybridized carbons (Fsp3) is 0.571. The van der Waals surface area contributed by atoms with Gasteiger partial charge in [0.25, 0.3) is 0 Å². The summed E-state index contributed by atoms with van der Waals surface area (Å²) in [5, 5.41) is 12.1. The summed E-state index contributed by atoms with van der Waals surface area (Å²) in [7, 11) is 0. The third-order valence-electron chi connectivity index (χ3n) is 2.70. The molecule has 1 rings (SSSR count). The van der Waals surface area contributed by atoms with Crippen molar-refractivity contribution in [1.29, 1.82) is 0 Å². The molecule has 0 amide bonds. The van der Waals surface area contributed by atoms with E-state index in [0.29, 0.717) is 6.61 Å². The Morgan fingerprint density at radius 3 is 2.68 bits per heavy atom. The van der Waals surface area contributed by atoms with Crippen molar-refractivity contribution in [2.24, 2.45) is 0 Å². The number of aliphatic hydroxyl groups is 1. The predicted molar refractivity (Wildman–Crippen MR) is 85.7 cm³/mol. The van der Waals surface area contributed by atoms with Crippen molar-refractivity contribution in [2.75, 3.05) is 19.8 Å². The van der Waals surface area contributed by atoms with Crippen molar-refractivity contribution in [3.05, 3.63) is 26.6 Å². The molecule has 0 radical (unpaired) electrons. The van der Waals surface area contributed by atoms with Crippen LogP contribution in [0.5, 0.6) is 5.75 Å². The number of nitrogens with one attached hydrogen (secondary N) is 1. The molecule has 1 aromatic carbocycles. The van der Waals surface area contributed by atoms with Crippen LogP contribution >= 0.6 is 31.9 Å². The predicted octanol–water partition coefficient (Wildman–Crippen LogP) is 3.86. The van der Waals surface area contributed by atoms with Gasteiger partial charge in [0, 0.05) is 23.2 Å². The van der Waals surface area contributed by atoms with Gasteiger partial charge in [0.2, 0.25) is 0 Å². The average molecular weight is 395 g/mol. The highest BCUT2D eigenvalue weighted by Gasteiger charge is 2.09. The van der Waals surface area contributed by atoms with Crippen LogP contribution < -0.4 is 10.1 Å². The molecule has 5 heteroatoms. The molecule has 0 aliphatic heterocycles. The fourth-order valence-corrected chi connectivity index (χ4v) is 3.24. The first-order valence-electron chi connectivity index (χ1n) is 6.61. The van der Waals surface area contributed by atoms with Gasteiger partial charge in [-0.05, 0) is 60.8 Å². The maximum absolute atomic E-state index is 8.71. The number of ether oxygens (including phenoxy) is 1. The van der Waals surface area contributed by atoms with Crippen LogP contribution in [0.15, 0.2) is 21.1 Å². The molecular weight excluding hydrogens is 374 g/mol. The van der Waals surface area contributed by atoms with Gasteiger partial charge in [-0.15, -0.1) is 0 Å². The Morgan fingerprint density at radius 1 is 1.21 bits per heavy atom. The van der Waals surface area contributed by atoms with Gasteiger partial charge < -0.3 is 15.2 Å². The van der Waals surface area contributed by atoms with Crippen LogP contribution in [0.2, 0.25) is 0 Å². The quantitative estimate of drug-likeness (QED) is 0.624. The van der Waals surface area contributed by atoms with E-state index < -0.39 is 0 Å². The van der Waals surface area contributed by atoms with Gasteiger partial charge in [0.05, 0.1) is 11.1 Å². The molecule has 0 saturated heterocycles. The summed E-state index contributed by atoms with van der Waals surface area (Å²) in [6.07, 6.45) is 3.03. The molecule has 19 heavy (non-hydrogen) atoms. The minimum atomic E-state index is 0.285. The van der Waals surface area contributed by atoms with Gasteiger partial charge in [-0.3, -0.25) is 0 Å². The summed E-state index contributed by atoms with van der Waals surface area (Å²) in [5.41, 5.74) is 1.14. The molecule has 0 spiro atoms. The zero-order chi connectivity index (χ0) is 14.1. The molecule has 0 saturated carbocycles. The maximum Gasteiger partial charge on any atom is 0.138 e. The largest absolute Gasteiger partial charge is 0.492 e. The Labute approximate surface area is 132 Å².